The number of benzene rings is 1. The van der Waals surface area contributed by atoms with Gasteiger partial charge in [-0.2, -0.15) is 0 Å². The van der Waals surface area contributed by atoms with Crippen molar-refractivity contribution in [3.05, 3.63) is 29.8 Å². The van der Waals surface area contributed by atoms with Gasteiger partial charge in [0.05, 0.1) is 11.2 Å². The van der Waals surface area contributed by atoms with Gasteiger partial charge < -0.3 is 11.1 Å². The maximum absolute atomic E-state index is 12.4. The lowest BCUT2D eigenvalue weighted by atomic mass is 9.81. The maximum atomic E-state index is 12.4. The number of rotatable bonds is 7. The second-order valence-electron chi connectivity index (χ2n) is 5.42. The molecular weight excluding hydrogens is 288 g/mol. The average molecular weight is 312 g/mol. The fourth-order valence-corrected chi connectivity index (χ4v) is 3.04. The van der Waals surface area contributed by atoms with E-state index in [-0.39, 0.29) is 18.2 Å². The molecule has 6 heteroatoms. The average Bonchev–Trinajstić information content (AvgIpc) is 2.40. The third-order valence-electron chi connectivity index (χ3n) is 3.84. The topological polar surface area (TPSA) is 89.3 Å². The zero-order chi connectivity index (χ0) is 16.1. The molecule has 118 valence electrons. The molecule has 0 saturated heterocycles. The van der Waals surface area contributed by atoms with Crippen LogP contribution in [0.5, 0.6) is 0 Å². The van der Waals surface area contributed by atoms with Gasteiger partial charge >= 0.3 is 0 Å². The molecule has 0 spiro atoms. The molecule has 0 heterocycles. The largest absolute Gasteiger partial charge is 0.329 e. The van der Waals surface area contributed by atoms with Gasteiger partial charge in [-0.15, -0.1) is 0 Å². The molecule has 0 unspecified atom stereocenters. The lowest BCUT2D eigenvalue weighted by Crippen LogP contribution is -2.41. The molecule has 0 bridgehead atoms. The predicted molar refractivity (Wildman–Crippen MR) is 85.7 cm³/mol. The molecule has 1 amide bonds. The van der Waals surface area contributed by atoms with Gasteiger partial charge in [-0.05, 0) is 30.5 Å². The first kappa shape index (κ1) is 17.7. The molecule has 0 aliphatic carbocycles. The van der Waals surface area contributed by atoms with Crippen LogP contribution in [0.1, 0.15) is 32.3 Å². The molecule has 1 rings (SSSR count). The summed E-state index contributed by atoms with van der Waals surface area (Å²) in [6.45, 7) is 4.17. The smallest absolute Gasteiger partial charge is 0.231 e. The van der Waals surface area contributed by atoms with Crippen LogP contribution in [0, 0.1) is 5.41 Å². The normalized spacial score (nSPS) is 12.2. The van der Waals surface area contributed by atoms with E-state index in [4.69, 9.17) is 5.73 Å². The zero-order valence-corrected chi connectivity index (χ0v) is 13.7. The van der Waals surface area contributed by atoms with E-state index in [1.165, 1.54) is 6.26 Å². The van der Waals surface area contributed by atoms with Crippen LogP contribution in [-0.4, -0.2) is 27.1 Å². The van der Waals surface area contributed by atoms with E-state index in [0.29, 0.717) is 24.1 Å². The minimum atomic E-state index is -3.10. The molecule has 0 radical (unpaired) electrons. The molecule has 0 aliphatic heterocycles. The lowest BCUT2D eigenvalue weighted by molar-refractivity contribution is -0.125. The minimum Gasteiger partial charge on any atom is -0.329 e. The Kier molecular flexibility index (Phi) is 5.92. The SMILES string of the molecule is CCC(CC)(CN)C(=O)Nc1cccc(CS(C)(=O)=O)c1. The molecule has 3 N–H and O–H groups in total. The first-order chi connectivity index (χ1) is 9.76. The number of hydrogen-bond acceptors (Lipinski definition) is 4. The first-order valence-electron chi connectivity index (χ1n) is 7.04. The van der Waals surface area contributed by atoms with E-state index in [0.717, 1.165) is 0 Å². The van der Waals surface area contributed by atoms with Gasteiger partial charge in [-0.3, -0.25) is 4.79 Å². The molecule has 5 nitrogen and oxygen atoms in total. The van der Waals surface area contributed by atoms with Gasteiger partial charge in [0.15, 0.2) is 9.84 Å². The Morgan fingerprint density at radius 2 is 1.90 bits per heavy atom. The highest BCUT2D eigenvalue weighted by atomic mass is 32.2. The molecule has 0 aromatic heterocycles. The highest BCUT2D eigenvalue weighted by Gasteiger charge is 2.33. The Morgan fingerprint density at radius 3 is 2.38 bits per heavy atom. The van der Waals surface area contributed by atoms with Gasteiger partial charge in [-0.1, -0.05) is 26.0 Å². The highest BCUT2D eigenvalue weighted by Crippen LogP contribution is 2.27. The van der Waals surface area contributed by atoms with Crippen molar-refractivity contribution in [2.24, 2.45) is 11.1 Å². The Hall–Kier alpha value is -1.40. The van der Waals surface area contributed by atoms with E-state index in [2.05, 4.69) is 5.32 Å². The summed E-state index contributed by atoms with van der Waals surface area (Å²) in [6, 6.07) is 6.90. The van der Waals surface area contributed by atoms with Crippen LogP contribution in [-0.2, 0) is 20.4 Å². The fraction of sp³-hybridized carbons (Fsp3) is 0.533. The molecule has 0 aliphatic rings. The highest BCUT2D eigenvalue weighted by molar-refractivity contribution is 7.89. The van der Waals surface area contributed by atoms with Crippen molar-refractivity contribution in [3.8, 4) is 0 Å². The van der Waals surface area contributed by atoms with Crippen LogP contribution in [0.4, 0.5) is 5.69 Å². The van der Waals surface area contributed by atoms with Crippen molar-refractivity contribution in [1.29, 1.82) is 0 Å². The fourth-order valence-electron chi connectivity index (χ4n) is 2.26. The molecule has 21 heavy (non-hydrogen) atoms. The summed E-state index contributed by atoms with van der Waals surface area (Å²) in [5, 5.41) is 2.85. The van der Waals surface area contributed by atoms with Crippen molar-refractivity contribution in [3.63, 3.8) is 0 Å². The van der Waals surface area contributed by atoms with Crippen LogP contribution < -0.4 is 11.1 Å². The number of sulfone groups is 1. The van der Waals surface area contributed by atoms with Crippen molar-refractivity contribution in [1.82, 2.24) is 0 Å². The summed E-state index contributed by atoms with van der Waals surface area (Å²) in [5.41, 5.74) is 6.43. The van der Waals surface area contributed by atoms with Crippen molar-refractivity contribution in [2.75, 3.05) is 18.1 Å². The van der Waals surface area contributed by atoms with E-state index in [9.17, 15) is 13.2 Å². The number of carbonyl (C=O) groups is 1. The molecule has 0 saturated carbocycles. The van der Waals surface area contributed by atoms with Crippen molar-refractivity contribution >= 4 is 21.4 Å². The number of hydrogen-bond donors (Lipinski definition) is 2. The lowest BCUT2D eigenvalue weighted by Gasteiger charge is -2.28. The van der Waals surface area contributed by atoms with E-state index in [1.807, 2.05) is 13.8 Å². The predicted octanol–water partition coefficient (Wildman–Crippen LogP) is 1.93. The van der Waals surface area contributed by atoms with E-state index < -0.39 is 15.3 Å². The number of nitrogens with one attached hydrogen (secondary N) is 1. The standard InChI is InChI=1S/C15H24N2O3S/c1-4-15(5-2,11-16)14(18)17-13-8-6-7-12(9-13)10-21(3,19)20/h6-9H,4-5,10-11,16H2,1-3H3,(H,17,18). The van der Waals surface area contributed by atoms with Crippen molar-refractivity contribution < 1.29 is 13.2 Å². The summed E-state index contributed by atoms with van der Waals surface area (Å²) in [6.07, 6.45) is 2.51. The van der Waals surface area contributed by atoms with Gasteiger partial charge in [-0.25, -0.2) is 8.42 Å². The van der Waals surface area contributed by atoms with Gasteiger partial charge in [0, 0.05) is 18.5 Å². The number of anilines is 1. The summed E-state index contributed by atoms with van der Waals surface area (Å²) in [4.78, 5) is 12.4. The van der Waals surface area contributed by atoms with Crippen LogP contribution in [0.3, 0.4) is 0 Å². The van der Waals surface area contributed by atoms with E-state index >= 15 is 0 Å². The third kappa shape index (κ3) is 4.82. The van der Waals surface area contributed by atoms with Gasteiger partial charge in [0.2, 0.25) is 5.91 Å². The summed E-state index contributed by atoms with van der Waals surface area (Å²) < 4.78 is 22.7. The van der Waals surface area contributed by atoms with E-state index in [1.54, 1.807) is 24.3 Å². The first-order valence-corrected chi connectivity index (χ1v) is 9.10. The molecule has 1 aromatic rings. The zero-order valence-electron chi connectivity index (χ0n) is 12.8. The molecule has 1 aromatic carbocycles. The van der Waals surface area contributed by atoms with Crippen LogP contribution in [0.2, 0.25) is 0 Å². The van der Waals surface area contributed by atoms with Gasteiger partial charge in [0.1, 0.15) is 0 Å². The minimum absolute atomic E-state index is 0.0414. The quantitative estimate of drug-likeness (QED) is 0.805. The number of amides is 1. The summed E-state index contributed by atoms with van der Waals surface area (Å²) in [5.74, 6) is -0.160. The summed E-state index contributed by atoms with van der Waals surface area (Å²) >= 11 is 0. The summed E-state index contributed by atoms with van der Waals surface area (Å²) in [7, 11) is -3.10. The second-order valence-corrected chi connectivity index (χ2v) is 7.56. The van der Waals surface area contributed by atoms with Crippen LogP contribution in [0.15, 0.2) is 24.3 Å². The monoisotopic (exact) mass is 312 g/mol. The maximum Gasteiger partial charge on any atom is 0.231 e. The molecule has 0 fully saturated rings. The number of carbonyl (C=O) groups excluding carboxylic acids is 1. The van der Waals surface area contributed by atoms with Crippen LogP contribution in [0.25, 0.3) is 0 Å². The molecule has 0 atom stereocenters. The Bertz CT molecular complexity index is 584. The second kappa shape index (κ2) is 7.04. The third-order valence-corrected chi connectivity index (χ3v) is 4.70. The Morgan fingerprint density at radius 1 is 1.29 bits per heavy atom. The Labute approximate surface area is 126 Å². The number of nitrogens with two attached hydrogens (primary N) is 1. The van der Waals surface area contributed by atoms with Crippen molar-refractivity contribution in [2.45, 2.75) is 32.4 Å². The van der Waals surface area contributed by atoms with Gasteiger partial charge in [0.25, 0.3) is 0 Å². The van der Waals surface area contributed by atoms with Crippen LogP contribution >= 0.6 is 0 Å². The molecular formula is C15H24N2O3S. The Balaban J connectivity index is 2.93.